The summed E-state index contributed by atoms with van der Waals surface area (Å²) in [6.07, 6.45) is -2.21. The number of nitrogens with two attached hydrogens (primary N) is 1. The highest BCUT2D eigenvalue weighted by molar-refractivity contribution is 6.05. The second-order valence-corrected chi connectivity index (χ2v) is 8.39. The predicted octanol–water partition coefficient (Wildman–Crippen LogP) is 1.71. The maximum Gasteiger partial charge on any atom is 0.259 e. The minimum Gasteiger partial charge on any atom is -0.399 e. The number of carbonyl (C=O) groups is 3. The van der Waals surface area contributed by atoms with E-state index in [4.69, 9.17) is 10.5 Å². The molecule has 2 aromatic rings. The summed E-state index contributed by atoms with van der Waals surface area (Å²) < 4.78 is 5.47. The Bertz CT molecular complexity index is 1130. The average Bonchev–Trinajstić information content (AvgIpc) is 3.14. The molecule has 9 heteroatoms. The minimum absolute atomic E-state index is 0.0559. The van der Waals surface area contributed by atoms with Crippen molar-refractivity contribution in [3.8, 4) is 0 Å². The summed E-state index contributed by atoms with van der Waals surface area (Å²) >= 11 is 0. The number of benzene rings is 2. The number of hydrogen-bond donors (Lipinski definition) is 3. The number of nitrogens with one attached hydrogen (secondary N) is 1. The lowest BCUT2D eigenvalue weighted by atomic mass is 10.1. The summed E-state index contributed by atoms with van der Waals surface area (Å²) in [5.74, 6) is -1.36. The van der Waals surface area contributed by atoms with Gasteiger partial charge in [-0.3, -0.25) is 14.4 Å². The Balaban J connectivity index is 1.46. The number of carbonyl (C=O) groups excluding carboxylic acids is 3. The molecule has 4 rings (SSSR count). The third-order valence-electron chi connectivity index (χ3n) is 5.98. The fraction of sp³-hybridized carbons (Fsp3) is 0.320. The van der Waals surface area contributed by atoms with Crippen LogP contribution in [0.15, 0.2) is 49.0 Å². The first kappa shape index (κ1) is 23.5. The highest BCUT2D eigenvalue weighted by Crippen LogP contribution is 2.29. The lowest BCUT2D eigenvalue weighted by Crippen LogP contribution is -2.55. The zero-order valence-corrected chi connectivity index (χ0v) is 19.0. The zero-order valence-electron chi connectivity index (χ0n) is 19.0. The van der Waals surface area contributed by atoms with Gasteiger partial charge >= 0.3 is 0 Å². The number of rotatable bonds is 7. The number of hydrogen-bond acceptors (Lipinski definition) is 6. The fourth-order valence-electron chi connectivity index (χ4n) is 4.18. The monoisotopic (exact) mass is 464 g/mol. The van der Waals surface area contributed by atoms with Crippen LogP contribution in [0.2, 0.25) is 0 Å². The highest BCUT2D eigenvalue weighted by Gasteiger charge is 2.40. The maximum atomic E-state index is 13.1. The van der Waals surface area contributed by atoms with Gasteiger partial charge in [0.2, 0.25) is 0 Å². The van der Waals surface area contributed by atoms with Crippen LogP contribution in [0.4, 0.5) is 11.4 Å². The number of nitrogens with zero attached hydrogens (tertiary/aromatic N) is 2. The van der Waals surface area contributed by atoms with E-state index in [0.717, 1.165) is 12.0 Å². The standard InChI is InChI=1S/C25H28N4O5/c1-3-10-28-14-17-6-9-19(13-20(17)24(28)32)29-11-12-34-22(25(29)33)21(30)23(31)27-18-7-4-16(5-8-18)15(2)26/h4-9,13,21-22,30H,2-3,10-12,14,26H2,1H3,(H,27,31)/t21-,22-/m1/s1. The third kappa shape index (κ3) is 4.52. The van der Waals surface area contributed by atoms with Crippen molar-refractivity contribution >= 4 is 34.8 Å². The Hall–Kier alpha value is -3.69. The molecule has 4 N–H and O–H groups in total. The summed E-state index contributed by atoms with van der Waals surface area (Å²) in [5.41, 5.74) is 9.21. The Labute approximate surface area is 197 Å². The summed E-state index contributed by atoms with van der Waals surface area (Å²) in [7, 11) is 0. The van der Waals surface area contributed by atoms with Crippen LogP contribution in [0.5, 0.6) is 0 Å². The quantitative estimate of drug-likeness (QED) is 0.573. The van der Waals surface area contributed by atoms with E-state index in [1.54, 1.807) is 41.3 Å². The summed E-state index contributed by atoms with van der Waals surface area (Å²) in [6, 6.07) is 11.9. The maximum absolute atomic E-state index is 13.1. The normalized spacial score (nSPS) is 18.6. The van der Waals surface area contributed by atoms with Crippen LogP contribution >= 0.6 is 0 Å². The number of aliphatic hydroxyl groups excluding tert-OH is 1. The molecule has 0 radical (unpaired) electrons. The fourth-order valence-corrected chi connectivity index (χ4v) is 4.18. The van der Waals surface area contributed by atoms with Crippen LogP contribution in [0.3, 0.4) is 0 Å². The second-order valence-electron chi connectivity index (χ2n) is 8.39. The average molecular weight is 465 g/mol. The molecule has 2 aliphatic rings. The van der Waals surface area contributed by atoms with Crippen LogP contribution in [0.1, 0.15) is 34.8 Å². The van der Waals surface area contributed by atoms with Gasteiger partial charge < -0.3 is 30.7 Å². The van der Waals surface area contributed by atoms with Gasteiger partial charge in [-0.1, -0.05) is 31.7 Å². The van der Waals surface area contributed by atoms with Gasteiger partial charge in [0, 0.05) is 42.3 Å². The van der Waals surface area contributed by atoms with Crippen LogP contribution < -0.4 is 16.0 Å². The topological polar surface area (TPSA) is 125 Å². The number of morpholine rings is 1. The first-order chi connectivity index (χ1) is 16.3. The smallest absolute Gasteiger partial charge is 0.259 e. The molecule has 1 fully saturated rings. The SMILES string of the molecule is C=C(N)c1ccc(NC(=O)[C@H](O)[C@H]2OCCN(c3ccc4c(c3)C(=O)N(CCC)C4)C2=O)cc1. The second kappa shape index (κ2) is 9.66. The van der Waals surface area contributed by atoms with E-state index >= 15 is 0 Å². The largest absolute Gasteiger partial charge is 0.399 e. The molecule has 0 unspecified atom stereocenters. The molecule has 0 spiro atoms. The Morgan fingerprint density at radius 1 is 1.26 bits per heavy atom. The molecule has 9 nitrogen and oxygen atoms in total. The van der Waals surface area contributed by atoms with Crippen molar-refractivity contribution in [3.05, 3.63) is 65.7 Å². The van der Waals surface area contributed by atoms with E-state index in [1.165, 1.54) is 4.90 Å². The van der Waals surface area contributed by atoms with E-state index in [-0.39, 0.29) is 19.1 Å². The molecule has 178 valence electrons. The van der Waals surface area contributed by atoms with Crippen molar-refractivity contribution in [2.45, 2.75) is 32.1 Å². The molecule has 2 aliphatic heterocycles. The third-order valence-corrected chi connectivity index (χ3v) is 5.98. The van der Waals surface area contributed by atoms with Crippen LogP contribution in [-0.2, 0) is 20.9 Å². The molecule has 0 aliphatic carbocycles. The Morgan fingerprint density at radius 2 is 2.00 bits per heavy atom. The van der Waals surface area contributed by atoms with Gasteiger partial charge in [0.1, 0.15) is 0 Å². The summed E-state index contributed by atoms with van der Waals surface area (Å²) in [4.78, 5) is 41.7. The number of amides is 3. The molecule has 2 aromatic carbocycles. The number of anilines is 2. The lowest BCUT2D eigenvalue weighted by molar-refractivity contribution is -0.150. The summed E-state index contributed by atoms with van der Waals surface area (Å²) in [5, 5.41) is 13.2. The molecule has 0 bridgehead atoms. The van der Waals surface area contributed by atoms with Crippen molar-refractivity contribution in [1.29, 1.82) is 0 Å². The van der Waals surface area contributed by atoms with Crippen molar-refractivity contribution in [2.75, 3.05) is 29.9 Å². The summed E-state index contributed by atoms with van der Waals surface area (Å²) in [6.45, 7) is 7.29. The van der Waals surface area contributed by atoms with Gasteiger partial charge in [-0.15, -0.1) is 0 Å². The van der Waals surface area contributed by atoms with E-state index in [2.05, 4.69) is 11.9 Å². The van der Waals surface area contributed by atoms with Crippen LogP contribution in [-0.4, -0.2) is 59.6 Å². The molecule has 0 aromatic heterocycles. The molecular formula is C25H28N4O5. The van der Waals surface area contributed by atoms with Crippen molar-refractivity contribution in [1.82, 2.24) is 4.90 Å². The van der Waals surface area contributed by atoms with Gasteiger partial charge in [0.15, 0.2) is 12.2 Å². The van der Waals surface area contributed by atoms with Gasteiger partial charge in [-0.05, 0) is 41.8 Å². The Morgan fingerprint density at radius 3 is 2.68 bits per heavy atom. The van der Waals surface area contributed by atoms with Gasteiger partial charge in [-0.25, -0.2) is 0 Å². The Kier molecular flexibility index (Phi) is 6.67. The molecular weight excluding hydrogens is 436 g/mol. The van der Waals surface area contributed by atoms with Crippen molar-refractivity contribution in [2.24, 2.45) is 5.73 Å². The molecule has 3 amide bonds. The van der Waals surface area contributed by atoms with E-state index in [0.29, 0.717) is 41.3 Å². The molecule has 0 saturated carbocycles. The van der Waals surface area contributed by atoms with Crippen LogP contribution in [0.25, 0.3) is 5.70 Å². The van der Waals surface area contributed by atoms with Crippen LogP contribution in [0, 0.1) is 0 Å². The molecule has 2 atom stereocenters. The van der Waals surface area contributed by atoms with E-state index in [9.17, 15) is 19.5 Å². The number of ether oxygens (including phenoxy) is 1. The number of aliphatic hydroxyl groups is 1. The van der Waals surface area contributed by atoms with Gasteiger partial charge in [-0.2, -0.15) is 0 Å². The van der Waals surface area contributed by atoms with E-state index in [1.807, 2.05) is 13.0 Å². The zero-order chi connectivity index (χ0) is 24.4. The lowest BCUT2D eigenvalue weighted by Gasteiger charge is -2.34. The minimum atomic E-state index is -1.71. The number of fused-ring (bicyclic) bond motifs is 1. The van der Waals surface area contributed by atoms with Crippen molar-refractivity contribution < 1.29 is 24.2 Å². The van der Waals surface area contributed by atoms with E-state index < -0.39 is 24.0 Å². The van der Waals surface area contributed by atoms with Gasteiger partial charge in [0.25, 0.3) is 17.7 Å². The predicted molar refractivity (Wildman–Crippen MR) is 128 cm³/mol. The first-order valence-electron chi connectivity index (χ1n) is 11.2. The molecule has 34 heavy (non-hydrogen) atoms. The highest BCUT2D eigenvalue weighted by atomic mass is 16.5. The van der Waals surface area contributed by atoms with Gasteiger partial charge in [0.05, 0.1) is 6.61 Å². The molecule has 2 heterocycles. The molecule has 1 saturated heterocycles. The first-order valence-corrected chi connectivity index (χ1v) is 11.2. The van der Waals surface area contributed by atoms with Crippen molar-refractivity contribution in [3.63, 3.8) is 0 Å².